The van der Waals surface area contributed by atoms with Crippen LogP contribution in [0, 0.1) is 5.82 Å². The van der Waals surface area contributed by atoms with Gasteiger partial charge in [-0.25, -0.2) is 4.39 Å². The Labute approximate surface area is 167 Å². The van der Waals surface area contributed by atoms with E-state index in [9.17, 15) is 9.18 Å². The summed E-state index contributed by atoms with van der Waals surface area (Å²) in [6.45, 7) is -0.169. The van der Waals surface area contributed by atoms with Crippen molar-refractivity contribution in [2.45, 2.75) is 37.7 Å². The van der Waals surface area contributed by atoms with Crippen LogP contribution in [-0.4, -0.2) is 23.2 Å². The summed E-state index contributed by atoms with van der Waals surface area (Å²) in [5, 5.41) is 3.94. The van der Waals surface area contributed by atoms with Crippen LogP contribution in [0.5, 0.6) is 5.75 Å². The summed E-state index contributed by atoms with van der Waals surface area (Å²) in [5.41, 5.74) is 0.106. The molecule has 3 aromatic rings. The highest BCUT2D eigenvalue weighted by Gasteiger charge is 2.45. The number of hydrogen-bond acceptors (Lipinski definition) is 6. The number of carbonyl (C=O) groups excluding carboxylic acids is 1. The average molecular weight is 396 g/mol. The maximum atomic E-state index is 14.4. The molecule has 0 atom stereocenters. The summed E-state index contributed by atoms with van der Waals surface area (Å²) in [7, 11) is 1.56. The third-order valence-corrected chi connectivity index (χ3v) is 5.38. The van der Waals surface area contributed by atoms with Crippen molar-refractivity contribution in [1.82, 2.24) is 10.1 Å². The Morgan fingerprint density at radius 1 is 1.14 bits per heavy atom. The van der Waals surface area contributed by atoms with Gasteiger partial charge in [-0.1, -0.05) is 48.3 Å². The van der Waals surface area contributed by atoms with Gasteiger partial charge in [0.2, 0.25) is 5.82 Å². The molecule has 0 spiro atoms. The van der Waals surface area contributed by atoms with E-state index in [0.29, 0.717) is 35.5 Å². The third kappa shape index (κ3) is 3.60. The normalized spacial score (nSPS) is 15.2. The van der Waals surface area contributed by atoms with Crippen LogP contribution < -0.4 is 4.74 Å². The molecule has 4 rings (SSSR count). The van der Waals surface area contributed by atoms with E-state index in [1.165, 1.54) is 6.07 Å². The topological polar surface area (TPSA) is 74.5 Å². The predicted octanol–water partition coefficient (Wildman–Crippen LogP) is 4.44. The largest absolute Gasteiger partial charge is 0.496 e. The number of nitrogens with zero attached hydrogens (tertiary/aromatic N) is 2. The summed E-state index contributed by atoms with van der Waals surface area (Å²) in [4.78, 5) is 17.3. The minimum absolute atomic E-state index is 0.168. The number of rotatable bonds is 6. The van der Waals surface area contributed by atoms with Gasteiger partial charge in [-0.05, 0) is 31.0 Å². The lowest BCUT2D eigenvalue weighted by Crippen LogP contribution is -2.35. The van der Waals surface area contributed by atoms with E-state index in [-0.39, 0.29) is 18.3 Å². The first-order chi connectivity index (χ1) is 14.1. The molecule has 0 bridgehead atoms. The summed E-state index contributed by atoms with van der Waals surface area (Å²) >= 11 is 0. The van der Waals surface area contributed by atoms with Crippen LogP contribution in [0.15, 0.2) is 53.1 Å². The van der Waals surface area contributed by atoms with E-state index < -0.39 is 11.4 Å². The minimum atomic E-state index is -0.961. The standard InChI is InChI=1S/C22H21FN2O4/c1-27-18-11-5-2-8-15(18)20-24-19(29-25-20)14-28-21(26)22(12-6-7-13-22)16-9-3-4-10-17(16)23/h2-5,8-11H,6-7,12-14H2,1H3. The van der Waals surface area contributed by atoms with Crippen LogP contribution in [0.4, 0.5) is 4.39 Å². The molecule has 1 heterocycles. The van der Waals surface area contributed by atoms with Crippen LogP contribution in [0.1, 0.15) is 37.1 Å². The first kappa shape index (κ1) is 19.1. The van der Waals surface area contributed by atoms with E-state index in [1.807, 2.05) is 18.2 Å². The van der Waals surface area contributed by atoms with Crippen molar-refractivity contribution >= 4 is 5.97 Å². The molecule has 6 nitrogen and oxygen atoms in total. The van der Waals surface area contributed by atoms with Crippen LogP contribution in [0.25, 0.3) is 11.4 Å². The van der Waals surface area contributed by atoms with Crippen molar-refractivity contribution in [2.75, 3.05) is 7.11 Å². The Kier molecular flexibility index (Phi) is 5.29. The van der Waals surface area contributed by atoms with E-state index in [0.717, 1.165) is 12.8 Å². The first-order valence-electron chi connectivity index (χ1n) is 9.52. The van der Waals surface area contributed by atoms with E-state index in [1.54, 1.807) is 31.4 Å². The Morgan fingerprint density at radius 3 is 2.62 bits per heavy atom. The molecule has 0 N–H and O–H groups in total. The van der Waals surface area contributed by atoms with Crippen molar-refractivity contribution in [3.8, 4) is 17.1 Å². The lowest BCUT2D eigenvalue weighted by molar-refractivity contribution is -0.152. The highest BCUT2D eigenvalue weighted by molar-refractivity contribution is 5.83. The zero-order valence-electron chi connectivity index (χ0n) is 16.1. The van der Waals surface area contributed by atoms with Crippen LogP contribution in [0.3, 0.4) is 0 Å². The molecule has 0 aliphatic heterocycles. The molecular weight excluding hydrogens is 375 g/mol. The number of halogens is 1. The maximum Gasteiger partial charge on any atom is 0.317 e. The minimum Gasteiger partial charge on any atom is -0.496 e. The van der Waals surface area contributed by atoms with Crippen molar-refractivity contribution < 1.29 is 23.2 Å². The van der Waals surface area contributed by atoms with Gasteiger partial charge < -0.3 is 14.0 Å². The fraction of sp³-hybridized carbons (Fsp3) is 0.318. The van der Waals surface area contributed by atoms with Gasteiger partial charge in [0.25, 0.3) is 5.89 Å². The Hall–Kier alpha value is -3.22. The quantitative estimate of drug-likeness (QED) is 0.574. The SMILES string of the molecule is COc1ccccc1-c1noc(COC(=O)C2(c3ccccc3F)CCCC2)n1. The molecule has 1 aromatic heterocycles. The predicted molar refractivity (Wildman–Crippen MR) is 103 cm³/mol. The van der Waals surface area contributed by atoms with Gasteiger partial charge in [0.15, 0.2) is 6.61 Å². The van der Waals surface area contributed by atoms with Gasteiger partial charge in [-0.2, -0.15) is 4.98 Å². The van der Waals surface area contributed by atoms with Crippen molar-refractivity contribution in [3.05, 3.63) is 65.8 Å². The van der Waals surface area contributed by atoms with Crippen molar-refractivity contribution in [3.63, 3.8) is 0 Å². The second-order valence-corrected chi connectivity index (χ2v) is 7.06. The van der Waals surface area contributed by atoms with Crippen molar-refractivity contribution in [2.24, 2.45) is 0 Å². The van der Waals surface area contributed by atoms with Gasteiger partial charge >= 0.3 is 5.97 Å². The molecular formula is C22H21FN2O4. The Balaban J connectivity index is 1.51. The van der Waals surface area contributed by atoms with Gasteiger partial charge in [0, 0.05) is 5.56 Å². The smallest absolute Gasteiger partial charge is 0.317 e. The monoisotopic (exact) mass is 396 g/mol. The van der Waals surface area contributed by atoms with Gasteiger partial charge in [0.05, 0.1) is 18.1 Å². The number of aromatic nitrogens is 2. The zero-order valence-corrected chi connectivity index (χ0v) is 16.1. The summed E-state index contributed by atoms with van der Waals surface area (Å²) < 4.78 is 30.4. The molecule has 0 unspecified atom stereocenters. The first-order valence-corrected chi connectivity index (χ1v) is 9.52. The highest BCUT2D eigenvalue weighted by Crippen LogP contribution is 2.43. The van der Waals surface area contributed by atoms with Gasteiger partial charge in [0.1, 0.15) is 11.6 Å². The van der Waals surface area contributed by atoms with E-state index >= 15 is 0 Å². The molecule has 1 aliphatic carbocycles. The zero-order chi connectivity index (χ0) is 20.3. The summed E-state index contributed by atoms with van der Waals surface area (Å²) in [6, 6.07) is 13.7. The number of para-hydroxylation sites is 1. The molecule has 7 heteroatoms. The maximum absolute atomic E-state index is 14.4. The average Bonchev–Trinajstić information content (AvgIpc) is 3.43. The molecule has 2 aromatic carbocycles. The molecule has 1 saturated carbocycles. The summed E-state index contributed by atoms with van der Waals surface area (Å²) in [5.74, 6) is 0.278. The van der Waals surface area contributed by atoms with Gasteiger partial charge in [-0.3, -0.25) is 4.79 Å². The highest BCUT2D eigenvalue weighted by atomic mass is 19.1. The third-order valence-electron chi connectivity index (χ3n) is 5.38. The molecule has 0 amide bonds. The van der Waals surface area contributed by atoms with E-state index in [4.69, 9.17) is 14.0 Å². The second kappa shape index (κ2) is 8.03. The number of benzene rings is 2. The molecule has 29 heavy (non-hydrogen) atoms. The number of hydrogen-bond donors (Lipinski definition) is 0. The molecule has 1 aliphatic rings. The Morgan fingerprint density at radius 2 is 1.86 bits per heavy atom. The number of carbonyl (C=O) groups is 1. The molecule has 0 saturated heterocycles. The number of ether oxygens (including phenoxy) is 2. The molecule has 150 valence electrons. The summed E-state index contributed by atoms with van der Waals surface area (Å²) in [6.07, 6.45) is 2.82. The fourth-order valence-corrected chi connectivity index (χ4v) is 3.93. The second-order valence-electron chi connectivity index (χ2n) is 7.06. The van der Waals surface area contributed by atoms with Gasteiger partial charge in [-0.15, -0.1) is 0 Å². The van der Waals surface area contributed by atoms with Crippen LogP contribution in [0.2, 0.25) is 0 Å². The lowest BCUT2D eigenvalue weighted by atomic mass is 9.78. The lowest BCUT2D eigenvalue weighted by Gasteiger charge is -2.27. The number of esters is 1. The van der Waals surface area contributed by atoms with E-state index in [2.05, 4.69) is 10.1 Å². The fourth-order valence-electron chi connectivity index (χ4n) is 3.93. The number of methoxy groups -OCH3 is 1. The van der Waals surface area contributed by atoms with Crippen molar-refractivity contribution in [1.29, 1.82) is 0 Å². The molecule has 1 fully saturated rings. The van der Waals surface area contributed by atoms with Crippen LogP contribution in [-0.2, 0) is 21.6 Å². The molecule has 0 radical (unpaired) electrons. The van der Waals surface area contributed by atoms with Crippen LogP contribution >= 0.6 is 0 Å². The Bertz CT molecular complexity index is 1010.